The summed E-state index contributed by atoms with van der Waals surface area (Å²) >= 11 is 0. The van der Waals surface area contributed by atoms with Gasteiger partial charge in [-0.05, 0) is 18.2 Å². The smallest absolute Gasteiger partial charge is 0.149 e. The molecule has 2 aromatic rings. The van der Waals surface area contributed by atoms with Crippen LogP contribution in [0.25, 0.3) is 0 Å². The van der Waals surface area contributed by atoms with Crippen molar-refractivity contribution in [2.45, 2.75) is 6.54 Å². The molecule has 0 aliphatic carbocycles. The van der Waals surface area contributed by atoms with Gasteiger partial charge in [0.15, 0.2) is 0 Å². The zero-order valence-electron chi connectivity index (χ0n) is 9.18. The molecule has 5 heteroatoms. The molecule has 0 spiro atoms. The van der Waals surface area contributed by atoms with Gasteiger partial charge in [-0.2, -0.15) is 0 Å². The summed E-state index contributed by atoms with van der Waals surface area (Å²) in [5.74, 6) is -2.85. The van der Waals surface area contributed by atoms with Crippen molar-refractivity contribution in [1.82, 2.24) is 0 Å². The first-order valence-electron chi connectivity index (χ1n) is 5.19. The highest BCUT2D eigenvalue weighted by molar-refractivity contribution is 5.45. The van der Waals surface area contributed by atoms with Crippen LogP contribution in [0.3, 0.4) is 0 Å². The Balaban J connectivity index is 2.11. The Labute approximate surface area is 101 Å². The van der Waals surface area contributed by atoms with E-state index in [1.54, 1.807) is 0 Å². The largest absolute Gasteiger partial charge is 0.378 e. The fourth-order valence-electron chi connectivity index (χ4n) is 1.49. The van der Waals surface area contributed by atoms with Crippen molar-refractivity contribution in [3.8, 4) is 0 Å². The lowest BCUT2D eigenvalue weighted by molar-refractivity contribution is 0.572. The Morgan fingerprint density at radius 2 is 1.39 bits per heavy atom. The molecule has 0 amide bonds. The number of hydrogen-bond acceptors (Lipinski definition) is 1. The van der Waals surface area contributed by atoms with Gasteiger partial charge in [0.2, 0.25) is 0 Å². The van der Waals surface area contributed by atoms with Crippen LogP contribution in [0.1, 0.15) is 5.56 Å². The summed E-state index contributed by atoms with van der Waals surface area (Å²) in [5.41, 5.74) is 0.250. The maximum Gasteiger partial charge on any atom is 0.149 e. The monoisotopic (exact) mass is 255 g/mol. The molecule has 0 unspecified atom stereocenters. The number of nitrogens with one attached hydrogen (secondary N) is 1. The van der Waals surface area contributed by atoms with E-state index < -0.39 is 23.3 Å². The summed E-state index contributed by atoms with van der Waals surface area (Å²) in [6, 6.07) is 6.15. The molecule has 0 aromatic heterocycles. The number of halogens is 4. The first-order chi connectivity index (χ1) is 8.56. The van der Waals surface area contributed by atoms with E-state index in [-0.39, 0.29) is 17.8 Å². The van der Waals surface area contributed by atoms with Gasteiger partial charge in [-0.15, -0.1) is 0 Å². The summed E-state index contributed by atoms with van der Waals surface area (Å²) in [7, 11) is 0. The van der Waals surface area contributed by atoms with E-state index in [1.165, 1.54) is 12.1 Å². The van der Waals surface area contributed by atoms with Gasteiger partial charge in [0.25, 0.3) is 0 Å². The van der Waals surface area contributed by atoms with Gasteiger partial charge in [0.1, 0.15) is 23.3 Å². The molecule has 1 N–H and O–H groups in total. The van der Waals surface area contributed by atoms with Crippen LogP contribution in [-0.4, -0.2) is 0 Å². The van der Waals surface area contributed by atoms with Crippen LogP contribution in [0.4, 0.5) is 23.2 Å². The highest BCUT2D eigenvalue weighted by Gasteiger charge is 2.06. The van der Waals surface area contributed by atoms with E-state index in [1.807, 2.05) is 0 Å². The van der Waals surface area contributed by atoms with E-state index in [2.05, 4.69) is 5.32 Å². The van der Waals surface area contributed by atoms with Crippen LogP contribution in [0.5, 0.6) is 0 Å². The van der Waals surface area contributed by atoms with Crippen LogP contribution < -0.4 is 5.32 Å². The van der Waals surface area contributed by atoms with Gasteiger partial charge in [-0.25, -0.2) is 17.6 Å². The number of benzene rings is 2. The maximum atomic E-state index is 13.3. The van der Waals surface area contributed by atoms with Crippen LogP contribution in [0.2, 0.25) is 0 Å². The van der Waals surface area contributed by atoms with Crippen molar-refractivity contribution >= 4 is 5.69 Å². The second-order valence-electron chi connectivity index (χ2n) is 3.71. The summed E-state index contributed by atoms with van der Waals surface area (Å²) in [6.07, 6.45) is 0. The highest BCUT2D eigenvalue weighted by atomic mass is 19.1. The Hall–Kier alpha value is -2.04. The van der Waals surface area contributed by atoms with E-state index in [4.69, 9.17) is 0 Å². The Bertz CT molecular complexity index is 517. The lowest BCUT2D eigenvalue weighted by Gasteiger charge is -2.08. The number of rotatable bonds is 3. The van der Waals surface area contributed by atoms with E-state index in [9.17, 15) is 17.6 Å². The van der Waals surface area contributed by atoms with Gasteiger partial charge in [0.05, 0.1) is 5.69 Å². The van der Waals surface area contributed by atoms with Crippen molar-refractivity contribution in [1.29, 1.82) is 0 Å². The third-order valence-corrected chi connectivity index (χ3v) is 2.42. The molecule has 0 atom stereocenters. The standard InChI is InChI=1S/C13H9F4N/c14-9-2-1-8(11(16)5-9)7-18-13-4-3-10(15)6-12(13)17/h1-6,18H,7H2. The quantitative estimate of drug-likeness (QED) is 0.821. The van der Waals surface area contributed by atoms with Crippen molar-refractivity contribution in [3.63, 3.8) is 0 Å². The van der Waals surface area contributed by atoms with E-state index >= 15 is 0 Å². The molecular formula is C13H9F4N. The molecule has 2 aromatic carbocycles. The zero-order valence-corrected chi connectivity index (χ0v) is 9.18. The molecule has 0 aliphatic heterocycles. The second kappa shape index (κ2) is 5.08. The fraction of sp³-hybridized carbons (Fsp3) is 0.0769. The van der Waals surface area contributed by atoms with Crippen molar-refractivity contribution in [2.24, 2.45) is 0 Å². The minimum absolute atomic E-state index is 0.0192. The molecule has 94 valence electrons. The highest BCUT2D eigenvalue weighted by Crippen LogP contribution is 2.17. The first kappa shape index (κ1) is 12.4. The van der Waals surface area contributed by atoms with Crippen molar-refractivity contribution in [3.05, 3.63) is 65.2 Å². The molecule has 0 radical (unpaired) electrons. The van der Waals surface area contributed by atoms with Gasteiger partial charge in [0, 0.05) is 24.2 Å². The third-order valence-electron chi connectivity index (χ3n) is 2.42. The summed E-state index contributed by atoms with van der Waals surface area (Å²) in [4.78, 5) is 0. The SMILES string of the molecule is Fc1ccc(CNc2ccc(F)cc2F)c(F)c1. The molecule has 18 heavy (non-hydrogen) atoms. The van der Waals surface area contributed by atoms with Gasteiger partial charge >= 0.3 is 0 Å². The molecule has 1 nitrogen and oxygen atoms in total. The van der Waals surface area contributed by atoms with Gasteiger partial charge in [-0.1, -0.05) is 6.07 Å². The molecule has 0 saturated carbocycles. The van der Waals surface area contributed by atoms with Crippen molar-refractivity contribution < 1.29 is 17.6 Å². The Kier molecular flexibility index (Phi) is 3.50. The summed E-state index contributed by atoms with van der Waals surface area (Å²) in [6.45, 7) is -0.0192. The molecule has 0 saturated heterocycles. The molecule has 0 heterocycles. The predicted octanol–water partition coefficient (Wildman–Crippen LogP) is 3.86. The molecule has 0 fully saturated rings. The second-order valence-corrected chi connectivity index (χ2v) is 3.71. The van der Waals surface area contributed by atoms with Gasteiger partial charge < -0.3 is 5.32 Å². The molecule has 0 aliphatic rings. The lowest BCUT2D eigenvalue weighted by atomic mass is 10.2. The van der Waals surface area contributed by atoms with Gasteiger partial charge in [-0.3, -0.25) is 0 Å². The van der Waals surface area contributed by atoms with Crippen LogP contribution >= 0.6 is 0 Å². The van der Waals surface area contributed by atoms with E-state index in [0.29, 0.717) is 0 Å². The summed E-state index contributed by atoms with van der Waals surface area (Å²) in [5, 5.41) is 2.61. The zero-order chi connectivity index (χ0) is 13.1. The number of anilines is 1. The maximum absolute atomic E-state index is 13.3. The minimum atomic E-state index is -0.766. The third kappa shape index (κ3) is 2.80. The topological polar surface area (TPSA) is 12.0 Å². The van der Waals surface area contributed by atoms with Crippen LogP contribution in [-0.2, 0) is 6.54 Å². The molecule has 2 rings (SSSR count). The average molecular weight is 255 g/mol. The van der Waals surface area contributed by atoms with Crippen molar-refractivity contribution in [2.75, 3.05) is 5.32 Å². The average Bonchev–Trinajstić information content (AvgIpc) is 2.30. The Morgan fingerprint density at radius 3 is 2.00 bits per heavy atom. The lowest BCUT2D eigenvalue weighted by Crippen LogP contribution is -2.04. The van der Waals surface area contributed by atoms with Crippen LogP contribution in [0, 0.1) is 23.3 Å². The van der Waals surface area contributed by atoms with E-state index in [0.717, 1.165) is 24.3 Å². The van der Waals surface area contributed by atoms with Crippen LogP contribution in [0.15, 0.2) is 36.4 Å². The Morgan fingerprint density at radius 1 is 0.778 bits per heavy atom. The number of hydrogen-bond donors (Lipinski definition) is 1. The normalized spacial score (nSPS) is 10.4. The summed E-state index contributed by atoms with van der Waals surface area (Å²) < 4.78 is 51.9. The first-order valence-corrected chi connectivity index (χ1v) is 5.19. The molecule has 0 bridgehead atoms. The molecular weight excluding hydrogens is 246 g/mol. The predicted molar refractivity (Wildman–Crippen MR) is 60.0 cm³/mol. The minimum Gasteiger partial charge on any atom is -0.378 e. The fourth-order valence-corrected chi connectivity index (χ4v) is 1.49.